The van der Waals surface area contributed by atoms with Crippen LogP contribution in [0.2, 0.25) is 5.02 Å². The molecule has 2 rings (SSSR count). The average molecular weight is 294 g/mol. The maximum Gasteiger partial charge on any atom is 0.249 e. The van der Waals surface area contributed by atoms with Crippen LogP contribution in [0.1, 0.15) is 44.2 Å². The Kier molecular flexibility index (Phi) is 5.15. The fraction of sp³-hybridized carbons (Fsp3) is 0.467. The van der Waals surface area contributed by atoms with Crippen molar-refractivity contribution in [3.63, 3.8) is 0 Å². The number of nitrogens with zero attached hydrogens (tertiary/aromatic N) is 2. The zero-order valence-electron chi connectivity index (χ0n) is 12.1. The number of hydrogen-bond acceptors (Lipinski definition) is 4. The Morgan fingerprint density at radius 1 is 1.30 bits per heavy atom. The lowest BCUT2D eigenvalue weighted by molar-refractivity contribution is 0.396. The highest BCUT2D eigenvalue weighted by Gasteiger charge is 2.18. The predicted molar refractivity (Wildman–Crippen MR) is 80.8 cm³/mol. The molecule has 0 fully saturated rings. The van der Waals surface area contributed by atoms with E-state index < -0.39 is 0 Å². The quantitative estimate of drug-likeness (QED) is 0.869. The van der Waals surface area contributed by atoms with Gasteiger partial charge in [-0.15, -0.1) is 10.2 Å². The minimum absolute atomic E-state index is 0.0970. The number of halogens is 1. The van der Waals surface area contributed by atoms with E-state index in [0.717, 1.165) is 30.5 Å². The van der Waals surface area contributed by atoms with Crippen molar-refractivity contribution < 1.29 is 4.42 Å². The van der Waals surface area contributed by atoms with Crippen LogP contribution in [-0.2, 0) is 0 Å². The van der Waals surface area contributed by atoms with Crippen LogP contribution in [0.15, 0.2) is 22.6 Å². The summed E-state index contributed by atoms with van der Waals surface area (Å²) in [6, 6.07) is 5.89. The molecule has 0 radical (unpaired) electrons. The highest BCUT2D eigenvalue weighted by Crippen LogP contribution is 2.30. The SMILES string of the molecule is CCCNC(CC)c1nnc(-c2cccc(C)c2Cl)o1. The lowest BCUT2D eigenvalue weighted by Crippen LogP contribution is -2.21. The summed E-state index contributed by atoms with van der Waals surface area (Å²) in [5.41, 5.74) is 1.79. The summed E-state index contributed by atoms with van der Waals surface area (Å²) in [5.74, 6) is 1.10. The van der Waals surface area contributed by atoms with Gasteiger partial charge in [0, 0.05) is 0 Å². The Bertz CT molecular complexity index is 568. The van der Waals surface area contributed by atoms with Crippen molar-refractivity contribution in [2.75, 3.05) is 6.54 Å². The molecule has 0 aliphatic carbocycles. The summed E-state index contributed by atoms with van der Waals surface area (Å²) in [5, 5.41) is 12.3. The zero-order chi connectivity index (χ0) is 14.5. The molecule has 108 valence electrons. The fourth-order valence-electron chi connectivity index (χ4n) is 2.02. The van der Waals surface area contributed by atoms with E-state index in [2.05, 4.69) is 29.4 Å². The van der Waals surface area contributed by atoms with Crippen molar-refractivity contribution in [1.29, 1.82) is 0 Å². The molecule has 0 saturated heterocycles. The molecular weight excluding hydrogens is 274 g/mol. The molecule has 0 aliphatic heterocycles. The Labute approximate surface area is 124 Å². The van der Waals surface area contributed by atoms with Crippen molar-refractivity contribution in [2.24, 2.45) is 0 Å². The molecule has 0 amide bonds. The van der Waals surface area contributed by atoms with Gasteiger partial charge >= 0.3 is 0 Å². The second-order valence-corrected chi connectivity index (χ2v) is 5.17. The minimum Gasteiger partial charge on any atom is -0.419 e. The Balaban J connectivity index is 2.26. The molecule has 4 nitrogen and oxygen atoms in total. The van der Waals surface area contributed by atoms with Gasteiger partial charge in [-0.05, 0) is 37.9 Å². The van der Waals surface area contributed by atoms with Gasteiger partial charge in [-0.25, -0.2) is 0 Å². The van der Waals surface area contributed by atoms with Gasteiger partial charge in [-0.2, -0.15) is 0 Å². The van der Waals surface area contributed by atoms with Crippen LogP contribution in [0.25, 0.3) is 11.5 Å². The van der Waals surface area contributed by atoms with E-state index in [4.69, 9.17) is 16.0 Å². The van der Waals surface area contributed by atoms with Crippen LogP contribution in [0.4, 0.5) is 0 Å². The van der Waals surface area contributed by atoms with Crippen molar-refractivity contribution >= 4 is 11.6 Å². The molecule has 1 unspecified atom stereocenters. The summed E-state index contributed by atoms with van der Waals surface area (Å²) in [7, 11) is 0. The van der Waals surface area contributed by atoms with E-state index in [-0.39, 0.29) is 6.04 Å². The molecule has 0 saturated carbocycles. The number of aryl methyl sites for hydroxylation is 1. The minimum atomic E-state index is 0.0970. The highest BCUT2D eigenvalue weighted by molar-refractivity contribution is 6.33. The molecule has 20 heavy (non-hydrogen) atoms. The van der Waals surface area contributed by atoms with Crippen molar-refractivity contribution in [3.8, 4) is 11.5 Å². The molecule has 0 spiro atoms. The largest absolute Gasteiger partial charge is 0.419 e. The third-order valence-corrected chi connectivity index (χ3v) is 3.71. The summed E-state index contributed by atoms with van der Waals surface area (Å²) in [6.07, 6.45) is 1.98. The van der Waals surface area contributed by atoms with E-state index in [1.807, 2.05) is 25.1 Å². The van der Waals surface area contributed by atoms with Gasteiger partial charge in [0.2, 0.25) is 11.8 Å². The van der Waals surface area contributed by atoms with Gasteiger partial charge in [0.15, 0.2) is 0 Å². The number of nitrogens with one attached hydrogen (secondary N) is 1. The van der Waals surface area contributed by atoms with Gasteiger partial charge in [0.05, 0.1) is 16.6 Å². The molecule has 1 aromatic carbocycles. The van der Waals surface area contributed by atoms with Crippen LogP contribution in [0.3, 0.4) is 0 Å². The zero-order valence-corrected chi connectivity index (χ0v) is 12.9. The van der Waals surface area contributed by atoms with E-state index in [0.29, 0.717) is 16.8 Å². The third kappa shape index (κ3) is 3.19. The molecule has 2 aromatic rings. The van der Waals surface area contributed by atoms with Crippen LogP contribution in [-0.4, -0.2) is 16.7 Å². The highest BCUT2D eigenvalue weighted by atomic mass is 35.5. The van der Waals surface area contributed by atoms with Crippen molar-refractivity contribution in [3.05, 3.63) is 34.7 Å². The summed E-state index contributed by atoms with van der Waals surface area (Å²) >= 11 is 6.29. The van der Waals surface area contributed by atoms with E-state index >= 15 is 0 Å². The maximum atomic E-state index is 6.29. The molecule has 1 heterocycles. The standard InChI is InChI=1S/C15H20ClN3O/c1-4-9-17-12(5-2)15-19-18-14(20-15)11-8-6-7-10(3)13(11)16/h6-8,12,17H,4-5,9H2,1-3H3. The Morgan fingerprint density at radius 2 is 2.10 bits per heavy atom. The van der Waals surface area contributed by atoms with Gasteiger partial charge < -0.3 is 9.73 Å². The monoisotopic (exact) mass is 293 g/mol. The van der Waals surface area contributed by atoms with Crippen molar-refractivity contribution in [2.45, 2.75) is 39.7 Å². The predicted octanol–water partition coefficient (Wildman–Crippen LogP) is 4.15. The Morgan fingerprint density at radius 3 is 2.80 bits per heavy atom. The lowest BCUT2D eigenvalue weighted by atomic mass is 10.1. The van der Waals surface area contributed by atoms with Crippen LogP contribution in [0, 0.1) is 6.92 Å². The normalized spacial score (nSPS) is 12.6. The molecule has 1 atom stereocenters. The fourth-order valence-corrected chi connectivity index (χ4v) is 2.23. The Hall–Kier alpha value is -1.39. The summed E-state index contributed by atoms with van der Waals surface area (Å²) < 4.78 is 5.79. The topological polar surface area (TPSA) is 51.0 Å². The van der Waals surface area contributed by atoms with E-state index in [1.54, 1.807) is 0 Å². The number of aromatic nitrogens is 2. The first-order chi connectivity index (χ1) is 9.67. The molecule has 1 aromatic heterocycles. The first kappa shape index (κ1) is 15.0. The molecular formula is C15H20ClN3O. The van der Waals surface area contributed by atoms with Crippen LogP contribution < -0.4 is 5.32 Å². The van der Waals surface area contributed by atoms with Gasteiger partial charge in [-0.1, -0.05) is 37.6 Å². The van der Waals surface area contributed by atoms with Gasteiger partial charge in [0.25, 0.3) is 0 Å². The second-order valence-electron chi connectivity index (χ2n) is 4.80. The number of hydrogen-bond donors (Lipinski definition) is 1. The molecule has 0 aliphatic rings. The number of benzene rings is 1. The first-order valence-corrected chi connectivity index (χ1v) is 7.37. The second kappa shape index (κ2) is 6.86. The molecule has 1 N–H and O–H groups in total. The lowest BCUT2D eigenvalue weighted by Gasteiger charge is -2.11. The van der Waals surface area contributed by atoms with Gasteiger partial charge in [-0.3, -0.25) is 0 Å². The first-order valence-electron chi connectivity index (χ1n) is 6.99. The smallest absolute Gasteiger partial charge is 0.249 e. The van der Waals surface area contributed by atoms with Crippen molar-refractivity contribution in [1.82, 2.24) is 15.5 Å². The maximum absolute atomic E-state index is 6.29. The molecule has 0 bridgehead atoms. The number of rotatable bonds is 6. The van der Waals surface area contributed by atoms with Crippen LogP contribution in [0.5, 0.6) is 0 Å². The summed E-state index contributed by atoms with van der Waals surface area (Å²) in [6.45, 7) is 7.12. The van der Waals surface area contributed by atoms with E-state index in [9.17, 15) is 0 Å². The van der Waals surface area contributed by atoms with E-state index in [1.165, 1.54) is 0 Å². The van der Waals surface area contributed by atoms with Crippen LogP contribution >= 0.6 is 11.6 Å². The van der Waals surface area contributed by atoms with Gasteiger partial charge in [0.1, 0.15) is 0 Å². The summed E-state index contributed by atoms with van der Waals surface area (Å²) in [4.78, 5) is 0. The average Bonchev–Trinajstić information content (AvgIpc) is 2.92. The molecule has 5 heteroatoms. The third-order valence-electron chi connectivity index (χ3n) is 3.21.